The summed E-state index contributed by atoms with van der Waals surface area (Å²) in [6, 6.07) is 9.59. The van der Waals surface area contributed by atoms with E-state index in [4.69, 9.17) is 9.47 Å². The molecule has 7 nitrogen and oxygen atoms in total. The molecule has 0 aliphatic carbocycles. The summed E-state index contributed by atoms with van der Waals surface area (Å²) in [4.78, 5) is 41.0. The number of nitrogens with zero attached hydrogens (tertiary/aromatic N) is 2. The molecule has 0 bridgehead atoms. The molecule has 0 saturated carbocycles. The van der Waals surface area contributed by atoms with Crippen LogP contribution in [0.25, 0.3) is 0 Å². The maximum absolute atomic E-state index is 12.8. The van der Waals surface area contributed by atoms with Crippen LogP contribution in [-0.2, 0) is 25.7 Å². The Balaban J connectivity index is 1.41. The van der Waals surface area contributed by atoms with Crippen molar-refractivity contribution in [3.63, 3.8) is 0 Å². The highest BCUT2D eigenvalue weighted by atomic mass is 16.6. The minimum atomic E-state index is -0.494. The van der Waals surface area contributed by atoms with Crippen molar-refractivity contribution in [1.29, 1.82) is 0 Å². The van der Waals surface area contributed by atoms with E-state index in [1.807, 2.05) is 58.0 Å². The highest BCUT2D eigenvalue weighted by molar-refractivity contribution is 5.98. The summed E-state index contributed by atoms with van der Waals surface area (Å²) >= 11 is 0. The normalized spacial score (nSPS) is 19.6. The fourth-order valence-electron chi connectivity index (χ4n) is 4.71. The zero-order chi connectivity index (χ0) is 24.0. The maximum atomic E-state index is 12.8. The summed E-state index contributed by atoms with van der Waals surface area (Å²) < 4.78 is 11.2. The molecule has 1 atom stereocenters. The third-order valence-electron chi connectivity index (χ3n) is 6.31. The van der Waals surface area contributed by atoms with E-state index >= 15 is 0 Å². The van der Waals surface area contributed by atoms with Gasteiger partial charge in [0.25, 0.3) is 0 Å². The highest BCUT2D eigenvalue weighted by Crippen LogP contribution is 2.32. The first kappa shape index (κ1) is 25.2. The van der Waals surface area contributed by atoms with Crippen molar-refractivity contribution in [2.24, 2.45) is 11.8 Å². The van der Waals surface area contributed by atoms with E-state index in [9.17, 15) is 14.4 Å². The highest BCUT2D eigenvalue weighted by Gasteiger charge is 2.37. The summed E-state index contributed by atoms with van der Waals surface area (Å²) in [6.07, 6.45) is 3.16. The second-order valence-electron chi connectivity index (χ2n) is 10.4. The number of likely N-dealkylation sites (tertiary alicyclic amines) is 2. The Morgan fingerprint density at radius 2 is 1.64 bits per heavy atom. The van der Waals surface area contributed by atoms with Crippen LogP contribution >= 0.6 is 0 Å². The van der Waals surface area contributed by atoms with E-state index in [-0.39, 0.29) is 29.9 Å². The third kappa shape index (κ3) is 7.56. The molecule has 0 unspecified atom stereocenters. The fourth-order valence-corrected chi connectivity index (χ4v) is 4.71. The summed E-state index contributed by atoms with van der Waals surface area (Å²) in [5.74, 6) is 0.306. The van der Waals surface area contributed by atoms with Crippen LogP contribution in [0.3, 0.4) is 0 Å². The number of ether oxygens (including phenoxy) is 2. The summed E-state index contributed by atoms with van der Waals surface area (Å²) in [5, 5.41) is 0. The predicted octanol–water partition coefficient (Wildman–Crippen LogP) is 4.39. The Hall–Kier alpha value is -2.41. The molecular formula is C26H38N2O5. The molecule has 0 N–H and O–H groups in total. The lowest BCUT2D eigenvalue weighted by atomic mass is 9.82. The molecule has 2 aliphatic rings. The van der Waals surface area contributed by atoms with Crippen LogP contribution in [0.5, 0.6) is 0 Å². The lowest BCUT2D eigenvalue weighted by molar-refractivity contribution is -0.154. The van der Waals surface area contributed by atoms with Crippen LogP contribution in [0.4, 0.5) is 4.79 Å². The molecule has 2 heterocycles. The van der Waals surface area contributed by atoms with Crippen molar-refractivity contribution in [2.75, 3.05) is 19.7 Å². The van der Waals surface area contributed by atoms with Crippen molar-refractivity contribution < 1.29 is 23.9 Å². The molecule has 2 fully saturated rings. The van der Waals surface area contributed by atoms with Gasteiger partial charge in [0.15, 0.2) is 0 Å². The van der Waals surface area contributed by atoms with Crippen molar-refractivity contribution in [3.8, 4) is 0 Å². The van der Waals surface area contributed by atoms with Gasteiger partial charge in [0.05, 0.1) is 19.3 Å². The molecule has 33 heavy (non-hydrogen) atoms. The Morgan fingerprint density at radius 3 is 2.21 bits per heavy atom. The lowest BCUT2D eigenvalue weighted by Crippen LogP contribution is -2.50. The zero-order valence-corrected chi connectivity index (χ0v) is 20.4. The van der Waals surface area contributed by atoms with Gasteiger partial charge in [-0.2, -0.15) is 0 Å². The standard InChI is InChI=1S/C26H38N2O5/c1-19(17-32-18-21-8-6-5-7-9-21)28-23(29)15-22(16-24(28)30)14-20-10-12-27(13-11-20)25(31)33-26(2,3)4/h5-9,19-20,22H,10-18H2,1-4H3/t19-/m0/s1. The van der Waals surface area contributed by atoms with Crippen LogP contribution < -0.4 is 0 Å². The Labute approximate surface area is 197 Å². The molecule has 1 aromatic rings. The topological polar surface area (TPSA) is 76.2 Å². The summed E-state index contributed by atoms with van der Waals surface area (Å²) in [6.45, 7) is 9.60. The number of imide groups is 1. The van der Waals surface area contributed by atoms with E-state index in [2.05, 4.69) is 0 Å². The molecule has 3 amide bonds. The van der Waals surface area contributed by atoms with Gasteiger partial charge in [0, 0.05) is 25.9 Å². The molecule has 2 saturated heterocycles. The van der Waals surface area contributed by atoms with E-state index in [0.29, 0.717) is 45.1 Å². The van der Waals surface area contributed by atoms with Gasteiger partial charge in [0.2, 0.25) is 11.8 Å². The van der Waals surface area contributed by atoms with Crippen molar-refractivity contribution in [1.82, 2.24) is 9.80 Å². The molecule has 0 aromatic heterocycles. The van der Waals surface area contributed by atoms with Gasteiger partial charge < -0.3 is 14.4 Å². The Bertz CT molecular complexity index is 794. The van der Waals surface area contributed by atoms with E-state index < -0.39 is 5.60 Å². The van der Waals surface area contributed by atoms with Gasteiger partial charge in [-0.25, -0.2) is 4.79 Å². The Kier molecular flexibility index (Phi) is 8.51. The first-order chi connectivity index (χ1) is 15.6. The van der Waals surface area contributed by atoms with Crippen molar-refractivity contribution in [3.05, 3.63) is 35.9 Å². The number of hydrogen-bond donors (Lipinski definition) is 0. The van der Waals surface area contributed by atoms with Gasteiger partial charge in [-0.15, -0.1) is 0 Å². The SMILES string of the molecule is C[C@@H](COCc1ccccc1)N1C(=O)CC(CC2CCN(C(=O)OC(C)(C)C)CC2)CC1=O. The van der Waals surface area contributed by atoms with Gasteiger partial charge >= 0.3 is 6.09 Å². The predicted molar refractivity (Wildman–Crippen MR) is 125 cm³/mol. The minimum absolute atomic E-state index is 0.0803. The molecular weight excluding hydrogens is 420 g/mol. The molecule has 0 spiro atoms. The summed E-state index contributed by atoms with van der Waals surface area (Å²) in [5.41, 5.74) is 0.575. The monoisotopic (exact) mass is 458 g/mol. The second-order valence-corrected chi connectivity index (χ2v) is 10.4. The average Bonchev–Trinajstić information content (AvgIpc) is 2.73. The first-order valence-corrected chi connectivity index (χ1v) is 12.1. The average molecular weight is 459 g/mol. The maximum Gasteiger partial charge on any atom is 0.410 e. The smallest absolute Gasteiger partial charge is 0.410 e. The fraction of sp³-hybridized carbons (Fsp3) is 0.654. The van der Waals surface area contributed by atoms with E-state index in [1.54, 1.807) is 4.90 Å². The number of amides is 3. The van der Waals surface area contributed by atoms with Crippen LogP contribution in [0.1, 0.15) is 65.4 Å². The van der Waals surface area contributed by atoms with Gasteiger partial charge in [-0.05, 0) is 64.4 Å². The number of piperidine rings is 2. The van der Waals surface area contributed by atoms with Gasteiger partial charge in [-0.1, -0.05) is 30.3 Å². The van der Waals surface area contributed by atoms with Crippen molar-refractivity contribution in [2.45, 2.75) is 78.0 Å². The number of carbonyl (C=O) groups is 3. The Morgan fingerprint density at radius 1 is 1.03 bits per heavy atom. The number of carbonyl (C=O) groups excluding carboxylic acids is 3. The van der Waals surface area contributed by atoms with E-state index in [0.717, 1.165) is 24.8 Å². The summed E-state index contributed by atoms with van der Waals surface area (Å²) in [7, 11) is 0. The van der Waals surface area contributed by atoms with Crippen LogP contribution in [0.2, 0.25) is 0 Å². The van der Waals surface area contributed by atoms with E-state index in [1.165, 1.54) is 4.90 Å². The molecule has 2 aliphatic heterocycles. The second kappa shape index (κ2) is 11.1. The first-order valence-electron chi connectivity index (χ1n) is 12.1. The largest absolute Gasteiger partial charge is 0.444 e. The lowest BCUT2D eigenvalue weighted by Gasteiger charge is -2.37. The van der Waals surface area contributed by atoms with Crippen LogP contribution in [0, 0.1) is 11.8 Å². The van der Waals surface area contributed by atoms with Crippen LogP contribution in [-0.4, -0.2) is 59.0 Å². The third-order valence-corrected chi connectivity index (χ3v) is 6.31. The zero-order valence-electron chi connectivity index (χ0n) is 20.4. The number of rotatable bonds is 7. The number of benzene rings is 1. The molecule has 0 radical (unpaired) electrons. The quantitative estimate of drug-likeness (QED) is 0.566. The van der Waals surface area contributed by atoms with Crippen molar-refractivity contribution >= 4 is 17.9 Å². The molecule has 1 aromatic carbocycles. The number of hydrogen-bond acceptors (Lipinski definition) is 5. The molecule has 182 valence electrons. The van der Waals surface area contributed by atoms with Crippen LogP contribution in [0.15, 0.2) is 30.3 Å². The van der Waals surface area contributed by atoms with Gasteiger partial charge in [-0.3, -0.25) is 14.5 Å². The molecule has 7 heteroatoms. The van der Waals surface area contributed by atoms with Gasteiger partial charge in [0.1, 0.15) is 5.60 Å². The molecule has 3 rings (SSSR count). The minimum Gasteiger partial charge on any atom is -0.444 e.